The van der Waals surface area contributed by atoms with Gasteiger partial charge in [-0.2, -0.15) is 0 Å². The summed E-state index contributed by atoms with van der Waals surface area (Å²) in [6, 6.07) is 1.62. The highest BCUT2D eigenvalue weighted by atomic mass is 17.0. The lowest BCUT2D eigenvalue weighted by atomic mass is 9.31. The number of hydrogen-bond donors (Lipinski definition) is 2. The Kier molecular flexibility index (Phi) is 7.83. The molecule has 2 spiro atoms. The molecule has 17 nitrogen and oxygen atoms in total. The third-order valence-electron chi connectivity index (χ3n) is 16.4. The molecule has 4 saturated carbocycles. The molecule has 9 rings (SSSR count). The summed E-state index contributed by atoms with van der Waals surface area (Å²) in [5.74, 6) is -7.76. The molecule has 0 aromatic carbocycles. The van der Waals surface area contributed by atoms with E-state index in [0.29, 0.717) is 12.0 Å². The van der Waals surface area contributed by atoms with Crippen LogP contribution >= 0.6 is 0 Å². The van der Waals surface area contributed by atoms with Crippen LogP contribution in [-0.2, 0) is 66.6 Å². The summed E-state index contributed by atoms with van der Waals surface area (Å²) in [6.07, 6.45) is -5.16. The summed E-state index contributed by atoms with van der Waals surface area (Å²) in [5.41, 5.74) is -17.7. The number of hydrogen-bond acceptors (Lipinski definition) is 17. The van der Waals surface area contributed by atoms with Gasteiger partial charge in [0.25, 0.3) is 5.97 Å². The van der Waals surface area contributed by atoms with E-state index in [4.69, 9.17) is 47.0 Å². The molecule has 0 amide bonds. The molecule has 58 heavy (non-hydrogen) atoms. The first-order valence-electron chi connectivity index (χ1n) is 20.0. The number of rotatable bonds is 9. The first-order valence-corrected chi connectivity index (χ1v) is 20.0. The van der Waals surface area contributed by atoms with Crippen molar-refractivity contribution in [3.63, 3.8) is 0 Å². The zero-order valence-electron chi connectivity index (χ0n) is 34.3. The van der Waals surface area contributed by atoms with Crippen molar-refractivity contribution in [3.8, 4) is 0 Å². The second-order valence-electron chi connectivity index (χ2n) is 19.0. The van der Waals surface area contributed by atoms with Gasteiger partial charge < -0.3 is 57.3 Å². The minimum atomic E-state index is -2.78. The molecule has 4 bridgehead atoms. The molecule has 318 valence electrons. The molecule has 1 aromatic heterocycles. The zero-order valence-corrected chi connectivity index (χ0v) is 34.3. The van der Waals surface area contributed by atoms with Crippen molar-refractivity contribution >= 4 is 29.8 Å². The normalized spacial score (nSPS) is 52.9. The number of methoxy groups -OCH3 is 1. The van der Waals surface area contributed by atoms with Gasteiger partial charge in [-0.05, 0) is 45.1 Å². The fourth-order valence-corrected chi connectivity index (χ4v) is 13.6. The average Bonchev–Trinajstić information content (AvgIpc) is 3.60. The molecule has 8 aliphatic rings. The van der Waals surface area contributed by atoms with Crippen LogP contribution in [0, 0.1) is 28.1 Å². The summed E-state index contributed by atoms with van der Waals surface area (Å²) < 4.78 is 63.0. The second-order valence-corrected chi connectivity index (χ2v) is 19.0. The average molecular weight is 817 g/mol. The molecule has 4 aliphatic heterocycles. The highest BCUT2D eigenvalue weighted by Crippen LogP contribution is 2.89. The van der Waals surface area contributed by atoms with Gasteiger partial charge >= 0.3 is 29.8 Å². The Hall–Kier alpha value is -3.61. The van der Waals surface area contributed by atoms with Crippen molar-refractivity contribution in [3.05, 3.63) is 24.2 Å². The topological polar surface area (TPSA) is 225 Å². The van der Waals surface area contributed by atoms with Crippen molar-refractivity contribution < 1.29 is 81.2 Å². The predicted octanol–water partition coefficient (Wildman–Crippen LogP) is 2.71. The minimum Gasteiger partial charge on any atom is -0.472 e. The van der Waals surface area contributed by atoms with E-state index in [2.05, 4.69) is 0 Å². The van der Waals surface area contributed by atoms with Gasteiger partial charge in [-0.25, -0.2) is 4.79 Å². The van der Waals surface area contributed by atoms with Gasteiger partial charge in [-0.1, -0.05) is 34.6 Å². The van der Waals surface area contributed by atoms with E-state index >= 15 is 0 Å². The molecule has 9 unspecified atom stereocenters. The maximum absolute atomic E-state index is 14.2. The molecule has 4 saturated heterocycles. The zero-order chi connectivity index (χ0) is 42.2. The maximum atomic E-state index is 14.2. The number of aliphatic hydroxyl groups is 2. The lowest BCUT2D eigenvalue weighted by Gasteiger charge is -2.79. The van der Waals surface area contributed by atoms with Crippen molar-refractivity contribution in [1.82, 2.24) is 0 Å². The van der Waals surface area contributed by atoms with Gasteiger partial charge in [0.1, 0.15) is 29.5 Å². The van der Waals surface area contributed by atoms with Crippen LogP contribution in [0.15, 0.2) is 23.0 Å². The number of fused-ring (bicyclic) bond motifs is 2. The first kappa shape index (κ1) is 39.8. The Morgan fingerprint density at radius 2 is 1.66 bits per heavy atom. The number of furan rings is 1. The second kappa shape index (κ2) is 11.4. The van der Waals surface area contributed by atoms with Gasteiger partial charge in [-0.3, -0.25) is 19.2 Å². The van der Waals surface area contributed by atoms with Crippen LogP contribution < -0.4 is 0 Å². The Labute approximate surface area is 334 Å². The largest absolute Gasteiger partial charge is 0.472 e. The number of carbonyl (C=O) groups excluding carboxylic acids is 5. The minimum absolute atomic E-state index is 0.149. The fourth-order valence-electron chi connectivity index (χ4n) is 13.6. The van der Waals surface area contributed by atoms with Crippen LogP contribution in [0.25, 0.3) is 0 Å². The molecule has 1 aromatic rings. The Bertz CT molecular complexity index is 2020. The lowest BCUT2D eigenvalue weighted by Crippen LogP contribution is -2.99. The van der Waals surface area contributed by atoms with Gasteiger partial charge in [-0.15, -0.1) is 0 Å². The van der Waals surface area contributed by atoms with Crippen LogP contribution in [0.2, 0.25) is 0 Å². The number of esters is 5. The van der Waals surface area contributed by atoms with Crippen molar-refractivity contribution in [2.75, 3.05) is 7.11 Å². The fraction of sp³-hybridized carbons (Fsp3) is 0.780. The molecule has 2 N–H and O–H groups in total. The molecular weight excluding hydrogens is 764 g/mol. The predicted molar refractivity (Wildman–Crippen MR) is 189 cm³/mol. The summed E-state index contributed by atoms with van der Waals surface area (Å²) >= 11 is 0. The summed E-state index contributed by atoms with van der Waals surface area (Å²) in [4.78, 5) is 70.0. The molecular formula is C41H52O17. The van der Waals surface area contributed by atoms with E-state index in [9.17, 15) is 34.2 Å². The molecule has 5 heterocycles. The monoisotopic (exact) mass is 816 g/mol. The van der Waals surface area contributed by atoms with Crippen LogP contribution in [0.5, 0.6) is 0 Å². The number of carbonyl (C=O) groups is 5. The van der Waals surface area contributed by atoms with Crippen LogP contribution in [-0.4, -0.2) is 111 Å². The number of cyclic esters (lactones) is 1. The molecule has 17 heteroatoms. The smallest absolute Gasteiger partial charge is 0.341 e. The Morgan fingerprint density at radius 1 is 0.983 bits per heavy atom. The SMILES string of the molecule is CCC(C)C(=O)O[C@@H]1C[C@@]2(C)[C@H](c3ccoc3)OC(=O)CC23OC2(C)OC34[C@H](OC(C)=O)[C@@]3(O)C(OC(=O)C5(C)OC5C)C5(C)C[C@]3(O)[C@@](C)([C@H]5CC(=O)OC)C14O2. The highest BCUT2D eigenvalue weighted by Gasteiger charge is 3.07. The van der Waals surface area contributed by atoms with Crippen molar-refractivity contribution in [2.45, 2.75) is 165 Å². The van der Waals surface area contributed by atoms with E-state index in [1.54, 1.807) is 40.7 Å². The summed E-state index contributed by atoms with van der Waals surface area (Å²) in [5, 5.41) is 27.8. The van der Waals surface area contributed by atoms with E-state index in [-0.39, 0.29) is 12.8 Å². The van der Waals surface area contributed by atoms with E-state index < -0.39 is 141 Å². The maximum Gasteiger partial charge on any atom is 0.341 e. The Morgan fingerprint density at radius 3 is 2.24 bits per heavy atom. The van der Waals surface area contributed by atoms with Crippen molar-refractivity contribution in [1.29, 1.82) is 0 Å². The van der Waals surface area contributed by atoms with Crippen molar-refractivity contribution in [2.24, 2.45) is 28.1 Å². The van der Waals surface area contributed by atoms with E-state index in [1.807, 2.05) is 6.92 Å². The molecule has 4 aliphatic carbocycles. The third-order valence-corrected chi connectivity index (χ3v) is 16.4. The summed E-state index contributed by atoms with van der Waals surface area (Å²) in [7, 11) is 1.21. The van der Waals surface area contributed by atoms with Crippen LogP contribution in [0.4, 0.5) is 0 Å². The van der Waals surface area contributed by atoms with Gasteiger partial charge in [0.05, 0.1) is 38.1 Å². The lowest BCUT2D eigenvalue weighted by molar-refractivity contribution is -0.479. The standard InChI is InChI=1S/C41H52O17/c1-11-19(2)28(45)52-24-15-33(6)27(22-12-13-50-17-22)53-26(44)16-38(33)41-30(51-21(4)42)39(48)29(54-31(46)34(7)20(3)55-34)32(5)18-37(39,47)35(8,23(32)14-25(43)49-10)40(24,41)57-36(9,56-38)58-41/h12-13,17,19-20,23-24,27,29-30,47-48H,11,14-16,18H2,1-10H3/t19?,20?,23-,24+,27-,29?,30+,32?,33-,34?,35+,36?,37-,38?,39-,40?,41?/m0/s1. The molecule has 0 radical (unpaired) electrons. The number of ether oxygens (including phenoxy) is 9. The van der Waals surface area contributed by atoms with Gasteiger partial charge in [0.15, 0.2) is 28.5 Å². The quantitative estimate of drug-likeness (QED) is 0.208. The van der Waals surface area contributed by atoms with Gasteiger partial charge in [0.2, 0.25) is 0 Å². The molecule has 8 fully saturated rings. The van der Waals surface area contributed by atoms with Crippen LogP contribution in [0.3, 0.4) is 0 Å². The van der Waals surface area contributed by atoms with Gasteiger partial charge in [0, 0.05) is 42.1 Å². The van der Waals surface area contributed by atoms with E-state index in [1.165, 1.54) is 33.5 Å². The third kappa shape index (κ3) is 3.98. The molecule has 17 atom stereocenters. The first-order chi connectivity index (χ1) is 26.9. The Balaban J connectivity index is 1.40. The highest BCUT2D eigenvalue weighted by molar-refractivity contribution is 5.83. The number of epoxide rings is 1. The van der Waals surface area contributed by atoms with Crippen LogP contribution in [0.1, 0.15) is 106 Å². The van der Waals surface area contributed by atoms with E-state index in [0.717, 1.165) is 6.92 Å². The summed E-state index contributed by atoms with van der Waals surface area (Å²) in [6.45, 7) is 14.3.